The van der Waals surface area contributed by atoms with Gasteiger partial charge in [-0.25, -0.2) is 9.18 Å². The molecule has 152 valence electrons. The number of anilines is 1. The van der Waals surface area contributed by atoms with Crippen molar-refractivity contribution in [3.8, 4) is 0 Å². The molecule has 0 radical (unpaired) electrons. The van der Waals surface area contributed by atoms with E-state index in [1.165, 1.54) is 43.5 Å². The fourth-order valence-electron chi connectivity index (χ4n) is 3.26. The van der Waals surface area contributed by atoms with E-state index >= 15 is 0 Å². The summed E-state index contributed by atoms with van der Waals surface area (Å²) in [4.78, 5) is 38.7. The van der Waals surface area contributed by atoms with E-state index in [1.807, 2.05) is 9.80 Å². The average Bonchev–Trinajstić information content (AvgIpc) is 2.73. The van der Waals surface area contributed by atoms with Gasteiger partial charge in [0.15, 0.2) is 5.78 Å². The van der Waals surface area contributed by atoms with Crippen molar-refractivity contribution in [2.75, 3.05) is 44.7 Å². The molecule has 9 heteroatoms. The van der Waals surface area contributed by atoms with Crippen molar-refractivity contribution >= 4 is 23.1 Å². The smallest absolute Gasteiger partial charge is 0.338 e. The molecule has 1 fully saturated rings. The van der Waals surface area contributed by atoms with E-state index in [2.05, 4.69) is 4.74 Å². The maximum atomic E-state index is 13.0. The number of hydrogen-bond donors (Lipinski definition) is 0. The van der Waals surface area contributed by atoms with Crippen molar-refractivity contribution < 1.29 is 23.6 Å². The number of piperazine rings is 1. The van der Waals surface area contributed by atoms with Crippen molar-refractivity contribution in [1.82, 2.24) is 4.90 Å². The second-order valence-corrected chi connectivity index (χ2v) is 6.65. The van der Waals surface area contributed by atoms with Crippen LogP contribution < -0.4 is 4.90 Å². The third-order valence-electron chi connectivity index (χ3n) is 4.84. The zero-order valence-electron chi connectivity index (χ0n) is 15.8. The van der Waals surface area contributed by atoms with E-state index in [0.29, 0.717) is 37.4 Å². The summed E-state index contributed by atoms with van der Waals surface area (Å²) in [5, 5.41) is 11.5. The quantitative estimate of drug-likeness (QED) is 0.318. The van der Waals surface area contributed by atoms with Gasteiger partial charge < -0.3 is 9.64 Å². The van der Waals surface area contributed by atoms with Crippen LogP contribution in [0.2, 0.25) is 0 Å². The minimum atomic E-state index is -0.635. The van der Waals surface area contributed by atoms with Crippen LogP contribution in [-0.2, 0) is 4.74 Å². The maximum absolute atomic E-state index is 13.0. The Balaban J connectivity index is 1.65. The number of carbonyl (C=O) groups is 2. The van der Waals surface area contributed by atoms with Crippen LogP contribution in [0.4, 0.5) is 15.8 Å². The van der Waals surface area contributed by atoms with Crippen molar-refractivity contribution in [2.24, 2.45) is 0 Å². The Morgan fingerprint density at radius 2 is 1.69 bits per heavy atom. The highest BCUT2D eigenvalue weighted by Crippen LogP contribution is 2.30. The van der Waals surface area contributed by atoms with Gasteiger partial charge >= 0.3 is 5.97 Å². The van der Waals surface area contributed by atoms with Gasteiger partial charge in [-0.05, 0) is 36.4 Å². The van der Waals surface area contributed by atoms with Gasteiger partial charge in [0.2, 0.25) is 0 Å². The molecule has 0 spiro atoms. The highest BCUT2D eigenvalue weighted by molar-refractivity contribution is 5.97. The number of ketones is 1. The summed E-state index contributed by atoms with van der Waals surface area (Å²) >= 11 is 0. The van der Waals surface area contributed by atoms with Crippen LogP contribution in [0.5, 0.6) is 0 Å². The third-order valence-corrected chi connectivity index (χ3v) is 4.84. The Morgan fingerprint density at radius 1 is 1.07 bits per heavy atom. The van der Waals surface area contributed by atoms with E-state index in [4.69, 9.17) is 0 Å². The van der Waals surface area contributed by atoms with Gasteiger partial charge in [-0.1, -0.05) is 0 Å². The number of hydrogen-bond acceptors (Lipinski definition) is 7. The number of nitro benzene ring substituents is 1. The summed E-state index contributed by atoms with van der Waals surface area (Å²) in [6.07, 6.45) is 0. The van der Waals surface area contributed by atoms with Gasteiger partial charge in [0.25, 0.3) is 5.69 Å². The molecule has 0 atom stereocenters. The van der Waals surface area contributed by atoms with Crippen molar-refractivity contribution in [1.29, 1.82) is 0 Å². The molecule has 0 bridgehead atoms. The van der Waals surface area contributed by atoms with Crippen LogP contribution in [0.1, 0.15) is 20.7 Å². The number of rotatable bonds is 6. The first-order valence-electron chi connectivity index (χ1n) is 9.02. The fraction of sp³-hybridized carbons (Fsp3) is 0.300. The summed E-state index contributed by atoms with van der Waals surface area (Å²) < 4.78 is 17.6. The maximum Gasteiger partial charge on any atom is 0.338 e. The minimum Gasteiger partial charge on any atom is -0.465 e. The minimum absolute atomic E-state index is 0.105. The number of esters is 1. The number of Topliss-reactive ketones (excluding diaryl/α,β-unsaturated/α-hetero) is 1. The predicted molar refractivity (Wildman–Crippen MR) is 104 cm³/mol. The van der Waals surface area contributed by atoms with Gasteiger partial charge in [0.1, 0.15) is 11.5 Å². The van der Waals surface area contributed by atoms with Crippen LogP contribution in [-0.4, -0.2) is 61.4 Å². The second kappa shape index (κ2) is 8.78. The highest BCUT2D eigenvalue weighted by Gasteiger charge is 2.26. The number of nitro groups is 1. The highest BCUT2D eigenvalue weighted by atomic mass is 19.1. The summed E-state index contributed by atoms with van der Waals surface area (Å²) in [5.74, 6) is -1.13. The first-order valence-corrected chi connectivity index (χ1v) is 9.02. The van der Waals surface area contributed by atoms with Gasteiger partial charge in [0.05, 0.1) is 24.1 Å². The Morgan fingerprint density at radius 3 is 2.28 bits per heavy atom. The van der Waals surface area contributed by atoms with Crippen LogP contribution >= 0.6 is 0 Å². The lowest BCUT2D eigenvalue weighted by Gasteiger charge is -2.35. The summed E-state index contributed by atoms with van der Waals surface area (Å²) in [6.45, 7) is 2.28. The Bertz CT molecular complexity index is 924. The molecule has 0 saturated carbocycles. The average molecular weight is 401 g/mol. The molecule has 1 saturated heterocycles. The molecule has 29 heavy (non-hydrogen) atoms. The number of benzene rings is 2. The molecule has 1 heterocycles. The van der Waals surface area contributed by atoms with E-state index in [-0.39, 0.29) is 23.6 Å². The first-order chi connectivity index (χ1) is 13.9. The molecule has 0 aromatic heterocycles. The van der Waals surface area contributed by atoms with E-state index in [0.717, 1.165) is 0 Å². The van der Waals surface area contributed by atoms with Gasteiger partial charge in [-0.15, -0.1) is 0 Å². The number of halogens is 1. The third kappa shape index (κ3) is 4.75. The largest absolute Gasteiger partial charge is 0.465 e. The number of methoxy groups -OCH3 is 1. The molecule has 8 nitrogen and oxygen atoms in total. The molecule has 0 unspecified atom stereocenters. The summed E-state index contributed by atoms with van der Waals surface area (Å²) in [6, 6.07) is 9.68. The number of nitrogens with zero attached hydrogens (tertiary/aromatic N) is 3. The molecule has 0 N–H and O–H groups in total. The normalized spacial score (nSPS) is 14.5. The number of carbonyl (C=O) groups excluding carboxylic acids is 2. The lowest BCUT2D eigenvalue weighted by Crippen LogP contribution is -2.48. The molecule has 0 amide bonds. The van der Waals surface area contributed by atoms with Gasteiger partial charge in [-0.3, -0.25) is 19.8 Å². The zero-order chi connectivity index (χ0) is 21.0. The molecule has 1 aliphatic rings. The van der Waals surface area contributed by atoms with Crippen molar-refractivity contribution in [3.05, 3.63) is 69.5 Å². The van der Waals surface area contributed by atoms with Crippen molar-refractivity contribution in [2.45, 2.75) is 0 Å². The monoisotopic (exact) mass is 401 g/mol. The van der Waals surface area contributed by atoms with Crippen LogP contribution in [0.25, 0.3) is 0 Å². The topological polar surface area (TPSA) is 93.0 Å². The molecule has 2 aromatic rings. The molecule has 2 aromatic carbocycles. The van der Waals surface area contributed by atoms with Crippen LogP contribution in [0.3, 0.4) is 0 Å². The summed E-state index contributed by atoms with van der Waals surface area (Å²) in [7, 11) is 1.22. The summed E-state index contributed by atoms with van der Waals surface area (Å²) in [5.41, 5.74) is 0.824. The molecular formula is C20H20FN3O5. The lowest BCUT2D eigenvalue weighted by atomic mass is 10.1. The Labute approximate surface area is 166 Å². The fourth-order valence-corrected chi connectivity index (χ4v) is 3.26. The van der Waals surface area contributed by atoms with Crippen LogP contribution in [0.15, 0.2) is 42.5 Å². The molecule has 1 aliphatic heterocycles. The van der Waals surface area contributed by atoms with Crippen molar-refractivity contribution in [3.63, 3.8) is 0 Å². The second-order valence-electron chi connectivity index (χ2n) is 6.65. The van der Waals surface area contributed by atoms with Gasteiger partial charge in [-0.2, -0.15) is 0 Å². The zero-order valence-corrected chi connectivity index (χ0v) is 15.8. The Hall–Kier alpha value is -3.33. The van der Waals surface area contributed by atoms with E-state index in [9.17, 15) is 24.1 Å². The van der Waals surface area contributed by atoms with E-state index < -0.39 is 16.7 Å². The molecular weight excluding hydrogens is 381 g/mol. The lowest BCUT2D eigenvalue weighted by molar-refractivity contribution is -0.384. The predicted octanol–water partition coefficient (Wildman–Crippen LogP) is 2.53. The number of ether oxygens (including phenoxy) is 1. The molecule has 3 rings (SSSR count). The standard InChI is InChI=1S/C20H20FN3O5/c1-29-20(26)15-4-7-17(18(12-15)24(27)28)23-10-8-22(9-11-23)13-19(25)14-2-5-16(21)6-3-14/h2-7,12H,8-11,13H2,1H3. The first kappa shape index (κ1) is 20.4. The molecule has 0 aliphatic carbocycles. The van der Waals surface area contributed by atoms with E-state index in [1.54, 1.807) is 6.07 Å². The van der Waals surface area contributed by atoms with Gasteiger partial charge in [0, 0.05) is 37.8 Å². The Kier molecular flexibility index (Phi) is 6.18. The SMILES string of the molecule is COC(=O)c1ccc(N2CCN(CC(=O)c3ccc(F)cc3)CC2)c([N+](=O)[O-])c1. The van der Waals surface area contributed by atoms with Crippen LogP contribution in [0, 0.1) is 15.9 Å².